The Balaban J connectivity index is 1.73. The third-order valence-electron chi connectivity index (χ3n) is 3.22. The number of carbonyl (C=O) groups excluding carboxylic acids is 1. The number of hydrogen-bond donors (Lipinski definition) is 1. The van der Waals surface area contributed by atoms with E-state index in [0.717, 1.165) is 5.75 Å². The van der Waals surface area contributed by atoms with Crippen molar-refractivity contribution in [3.05, 3.63) is 52.0 Å². The molecule has 0 unspecified atom stereocenters. The summed E-state index contributed by atoms with van der Waals surface area (Å²) in [6, 6.07) is 12.2. The van der Waals surface area contributed by atoms with Crippen LogP contribution in [-0.2, 0) is 4.79 Å². The van der Waals surface area contributed by atoms with Crippen LogP contribution in [0.5, 0.6) is 17.2 Å². The summed E-state index contributed by atoms with van der Waals surface area (Å²) < 4.78 is 16.9. The molecule has 0 aliphatic heterocycles. The Hall–Kier alpha value is -1.92. The van der Waals surface area contributed by atoms with Crippen LogP contribution < -0.4 is 19.5 Å². The molecule has 1 N–H and O–H groups in total. The Morgan fingerprint density at radius 2 is 1.84 bits per heavy atom. The fourth-order valence-corrected chi connectivity index (χ4v) is 2.78. The first-order chi connectivity index (χ1) is 12.0. The first-order valence-electron chi connectivity index (χ1n) is 7.62. The maximum Gasteiger partial charge on any atom is 0.258 e. The van der Waals surface area contributed by atoms with Crippen molar-refractivity contribution in [1.82, 2.24) is 5.32 Å². The Morgan fingerprint density at radius 3 is 2.48 bits per heavy atom. The van der Waals surface area contributed by atoms with Gasteiger partial charge in [0, 0.05) is 5.02 Å². The Morgan fingerprint density at radius 1 is 1.16 bits per heavy atom. The zero-order valence-electron chi connectivity index (χ0n) is 13.9. The van der Waals surface area contributed by atoms with E-state index < -0.39 is 0 Å². The van der Waals surface area contributed by atoms with Gasteiger partial charge in [-0.3, -0.25) is 4.79 Å². The van der Waals surface area contributed by atoms with Crippen LogP contribution >= 0.6 is 27.5 Å². The molecule has 1 amide bonds. The van der Waals surface area contributed by atoms with E-state index >= 15 is 0 Å². The Kier molecular flexibility index (Phi) is 7.40. The molecule has 0 aliphatic carbocycles. The van der Waals surface area contributed by atoms with E-state index in [9.17, 15) is 4.79 Å². The van der Waals surface area contributed by atoms with Crippen LogP contribution in [0.25, 0.3) is 0 Å². The minimum Gasteiger partial charge on any atom is -0.497 e. The number of hydrogen-bond acceptors (Lipinski definition) is 4. The largest absolute Gasteiger partial charge is 0.497 e. The van der Waals surface area contributed by atoms with Gasteiger partial charge in [-0.25, -0.2) is 0 Å². The van der Waals surface area contributed by atoms with Crippen LogP contribution in [0.3, 0.4) is 0 Å². The van der Waals surface area contributed by atoms with E-state index in [2.05, 4.69) is 21.2 Å². The second-order valence-electron chi connectivity index (χ2n) is 5.32. The molecule has 2 aromatic rings. The fourth-order valence-electron chi connectivity index (χ4n) is 1.99. The van der Waals surface area contributed by atoms with Crippen molar-refractivity contribution < 1.29 is 19.0 Å². The molecule has 0 fully saturated rings. The standard InChI is InChI=1S/C18H19BrClNO4/c1-12(10-24-15-6-4-14(23-2)5-7-15)21-18(22)11-25-17-8-3-13(20)9-16(17)19/h3-9,12H,10-11H2,1-2H3,(H,21,22)/t12-/m1/s1. The fraction of sp³-hybridized carbons (Fsp3) is 0.278. The summed E-state index contributed by atoms with van der Waals surface area (Å²) >= 11 is 9.20. The molecule has 0 saturated carbocycles. The monoisotopic (exact) mass is 427 g/mol. The summed E-state index contributed by atoms with van der Waals surface area (Å²) in [5.74, 6) is 1.80. The lowest BCUT2D eigenvalue weighted by Crippen LogP contribution is -2.39. The number of benzene rings is 2. The number of carbonyl (C=O) groups is 1. The molecule has 0 aliphatic rings. The normalized spacial score (nSPS) is 11.5. The Labute approximate surface area is 160 Å². The molecule has 134 valence electrons. The van der Waals surface area contributed by atoms with Crippen LogP contribution in [0.1, 0.15) is 6.92 Å². The average Bonchev–Trinajstić information content (AvgIpc) is 2.59. The van der Waals surface area contributed by atoms with Gasteiger partial charge in [0.05, 0.1) is 17.6 Å². The number of methoxy groups -OCH3 is 1. The number of rotatable bonds is 8. The number of amides is 1. The van der Waals surface area contributed by atoms with E-state index in [1.54, 1.807) is 25.3 Å². The van der Waals surface area contributed by atoms with E-state index in [1.807, 2.05) is 31.2 Å². The minimum absolute atomic E-state index is 0.0902. The summed E-state index contributed by atoms with van der Waals surface area (Å²) in [5.41, 5.74) is 0. The molecule has 7 heteroatoms. The molecule has 2 aromatic carbocycles. The van der Waals surface area contributed by atoms with E-state index in [4.69, 9.17) is 25.8 Å². The summed E-state index contributed by atoms with van der Waals surface area (Å²) in [6.45, 7) is 2.12. The Bertz CT molecular complexity index is 709. The van der Waals surface area contributed by atoms with Gasteiger partial charge in [0.25, 0.3) is 5.91 Å². The highest BCUT2D eigenvalue weighted by molar-refractivity contribution is 9.10. The van der Waals surface area contributed by atoms with Gasteiger partial charge in [0.15, 0.2) is 6.61 Å². The lowest BCUT2D eigenvalue weighted by Gasteiger charge is -2.16. The quantitative estimate of drug-likeness (QED) is 0.688. The van der Waals surface area contributed by atoms with Crippen molar-refractivity contribution in [3.8, 4) is 17.2 Å². The maximum atomic E-state index is 12.0. The van der Waals surface area contributed by atoms with Crippen LogP contribution in [0, 0.1) is 0 Å². The van der Waals surface area contributed by atoms with Gasteiger partial charge in [-0.2, -0.15) is 0 Å². The first kappa shape index (κ1) is 19.4. The summed E-state index contributed by atoms with van der Waals surface area (Å²) in [6.07, 6.45) is 0. The van der Waals surface area contributed by atoms with Gasteiger partial charge in [0.2, 0.25) is 0 Å². The van der Waals surface area contributed by atoms with Gasteiger partial charge < -0.3 is 19.5 Å². The predicted molar refractivity (Wildman–Crippen MR) is 101 cm³/mol. The van der Waals surface area contributed by atoms with Gasteiger partial charge >= 0.3 is 0 Å². The molecule has 2 rings (SSSR count). The van der Waals surface area contributed by atoms with Crippen LogP contribution in [0.2, 0.25) is 5.02 Å². The number of ether oxygens (including phenoxy) is 3. The predicted octanol–water partition coefficient (Wildman–Crippen LogP) is 4.07. The highest BCUT2D eigenvalue weighted by Crippen LogP contribution is 2.27. The molecular formula is C18H19BrClNO4. The van der Waals surface area contributed by atoms with Gasteiger partial charge in [-0.05, 0) is 65.3 Å². The smallest absolute Gasteiger partial charge is 0.258 e. The molecule has 0 radical (unpaired) electrons. The molecular weight excluding hydrogens is 410 g/mol. The molecule has 0 bridgehead atoms. The SMILES string of the molecule is COc1ccc(OC[C@@H](C)NC(=O)COc2ccc(Cl)cc2Br)cc1. The highest BCUT2D eigenvalue weighted by Gasteiger charge is 2.10. The molecule has 0 saturated heterocycles. The van der Waals surface area contributed by atoms with E-state index in [1.165, 1.54) is 0 Å². The average molecular weight is 429 g/mol. The molecule has 1 atom stereocenters. The lowest BCUT2D eigenvalue weighted by molar-refractivity contribution is -0.123. The third-order valence-corrected chi connectivity index (χ3v) is 4.07. The van der Waals surface area contributed by atoms with Crippen molar-refractivity contribution in [2.45, 2.75) is 13.0 Å². The van der Waals surface area contributed by atoms with E-state index in [-0.39, 0.29) is 18.6 Å². The van der Waals surface area contributed by atoms with Crippen molar-refractivity contribution in [3.63, 3.8) is 0 Å². The van der Waals surface area contributed by atoms with E-state index in [0.29, 0.717) is 27.6 Å². The van der Waals surface area contributed by atoms with Crippen LogP contribution in [-0.4, -0.2) is 32.3 Å². The van der Waals surface area contributed by atoms with Crippen molar-refractivity contribution in [2.75, 3.05) is 20.3 Å². The van der Waals surface area contributed by atoms with Crippen molar-refractivity contribution in [2.24, 2.45) is 0 Å². The van der Waals surface area contributed by atoms with Crippen molar-refractivity contribution in [1.29, 1.82) is 0 Å². The summed E-state index contributed by atoms with van der Waals surface area (Å²) in [7, 11) is 1.61. The summed E-state index contributed by atoms with van der Waals surface area (Å²) in [5, 5.41) is 3.41. The van der Waals surface area contributed by atoms with Crippen LogP contribution in [0.15, 0.2) is 46.9 Å². The lowest BCUT2D eigenvalue weighted by atomic mass is 10.3. The first-order valence-corrected chi connectivity index (χ1v) is 8.79. The van der Waals surface area contributed by atoms with Gasteiger partial charge in [-0.15, -0.1) is 0 Å². The molecule has 25 heavy (non-hydrogen) atoms. The molecule has 0 spiro atoms. The number of halogens is 2. The third kappa shape index (κ3) is 6.48. The molecule has 0 aromatic heterocycles. The van der Waals surface area contributed by atoms with Gasteiger partial charge in [0.1, 0.15) is 23.9 Å². The van der Waals surface area contributed by atoms with Crippen molar-refractivity contribution >= 4 is 33.4 Å². The number of nitrogens with one attached hydrogen (secondary N) is 1. The molecule has 5 nitrogen and oxygen atoms in total. The minimum atomic E-state index is -0.229. The topological polar surface area (TPSA) is 56.8 Å². The van der Waals surface area contributed by atoms with Crippen LogP contribution in [0.4, 0.5) is 0 Å². The maximum absolute atomic E-state index is 12.0. The van der Waals surface area contributed by atoms with Gasteiger partial charge in [-0.1, -0.05) is 11.6 Å². The second kappa shape index (κ2) is 9.53. The summed E-state index contributed by atoms with van der Waals surface area (Å²) in [4.78, 5) is 12.0. The zero-order chi connectivity index (χ0) is 18.2. The highest BCUT2D eigenvalue weighted by atomic mass is 79.9. The molecule has 0 heterocycles. The zero-order valence-corrected chi connectivity index (χ0v) is 16.3. The second-order valence-corrected chi connectivity index (χ2v) is 6.61.